The molecule has 7 nitrogen and oxygen atoms in total. The lowest BCUT2D eigenvalue weighted by Gasteiger charge is -2.09. The fourth-order valence-corrected chi connectivity index (χ4v) is 2.69. The number of hydrogen-bond donors (Lipinski definition) is 1. The van der Waals surface area contributed by atoms with E-state index < -0.39 is 24.5 Å². The summed E-state index contributed by atoms with van der Waals surface area (Å²) in [6, 6.07) is 11.1. The van der Waals surface area contributed by atoms with E-state index in [0.29, 0.717) is 5.56 Å². The van der Waals surface area contributed by atoms with Gasteiger partial charge in [0, 0.05) is 17.8 Å². The number of esters is 1. The number of alkyl halides is 3. The molecule has 0 atom stereocenters. The fourth-order valence-electron chi connectivity index (χ4n) is 2.69. The Morgan fingerprint density at radius 3 is 2.41 bits per heavy atom. The average molecular weight is 449 g/mol. The van der Waals surface area contributed by atoms with Crippen LogP contribution in [0, 0.1) is 5.92 Å². The summed E-state index contributed by atoms with van der Waals surface area (Å²) in [7, 11) is 1.22. The van der Waals surface area contributed by atoms with Crippen molar-refractivity contribution in [3.8, 4) is 17.1 Å². The third-order valence-corrected chi connectivity index (χ3v) is 4.64. The second-order valence-corrected chi connectivity index (χ2v) is 7.05. The van der Waals surface area contributed by atoms with Crippen molar-refractivity contribution in [3.05, 3.63) is 65.5 Å². The first-order chi connectivity index (χ1) is 15.3. The van der Waals surface area contributed by atoms with Crippen molar-refractivity contribution in [2.45, 2.75) is 25.6 Å². The van der Waals surface area contributed by atoms with E-state index >= 15 is 0 Å². The molecule has 1 fully saturated rings. The molecule has 0 radical (unpaired) electrons. The van der Waals surface area contributed by atoms with Crippen molar-refractivity contribution in [3.63, 3.8) is 0 Å². The number of rotatable bonds is 6. The molecule has 0 unspecified atom stereocenters. The number of ether oxygens (including phenoxy) is 2. The molecule has 2 aromatic heterocycles. The van der Waals surface area contributed by atoms with Crippen LogP contribution in [0.4, 0.5) is 13.2 Å². The highest BCUT2D eigenvalue weighted by Crippen LogP contribution is 2.37. The lowest BCUT2D eigenvalue weighted by Crippen LogP contribution is -2.09. The van der Waals surface area contributed by atoms with Gasteiger partial charge in [0.25, 0.3) is 0 Å². The van der Waals surface area contributed by atoms with Crippen molar-refractivity contribution >= 4 is 5.97 Å². The van der Waals surface area contributed by atoms with Gasteiger partial charge in [-0.25, -0.2) is 9.78 Å². The highest BCUT2D eigenvalue weighted by Gasteiger charge is 2.40. The summed E-state index contributed by atoms with van der Waals surface area (Å²) < 4.78 is 54.1. The summed E-state index contributed by atoms with van der Waals surface area (Å²) in [4.78, 5) is 15.3. The van der Waals surface area contributed by atoms with Crippen LogP contribution >= 0.6 is 0 Å². The smallest absolute Gasteiger partial charge is 0.452 e. The SMILES string of the molecule is COC(=O)c1ccc(OCc2c(-c3ccccc3)noc2C(F)(F)F)nc1.NCC1CC1. The third kappa shape index (κ3) is 6.07. The fraction of sp³-hybridized carbons (Fsp3) is 0.318. The minimum Gasteiger partial charge on any atom is -0.473 e. The van der Waals surface area contributed by atoms with E-state index in [1.807, 2.05) is 0 Å². The largest absolute Gasteiger partial charge is 0.473 e. The van der Waals surface area contributed by atoms with E-state index in [9.17, 15) is 18.0 Å². The molecule has 2 N–H and O–H groups in total. The van der Waals surface area contributed by atoms with E-state index in [4.69, 9.17) is 10.5 Å². The topological polar surface area (TPSA) is 100 Å². The maximum Gasteiger partial charge on any atom is 0.452 e. The molecular weight excluding hydrogens is 427 g/mol. The van der Waals surface area contributed by atoms with Crippen molar-refractivity contribution in [1.82, 2.24) is 10.1 Å². The monoisotopic (exact) mass is 449 g/mol. The summed E-state index contributed by atoms with van der Waals surface area (Å²) in [5.74, 6) is -0.864. The number of carbonyl (C=O) groups is 1. The van der Waals surface area contributed by atoms with Gasteiger partial charge < -0.3 is 19.7 Å². The highest BCUT2D eigenvalue weighted by atomic mass is 19.4. The summed E-state index contributed by atoms with van der Waals surface area (Å²) in [5, 5.41) is 3.56. The van der Waals surface area contributed by atoms with Gasteiger partial charge in [0.05, 0.1) is 18.2 Å². The van der Waals surface area contributed by atoms with Crippen molar-refractivity contribution in [2.75, 3.05) is 13.7 Å². The van der Waals surface area contributed by atoms with Crippen LogP contribution in [0.15, 0.2) is 53.2 Å². The Kier molecular flexibility index (Phi) is 7.47. The zero-order chi connectivity index (χ0) is 23.1. The standard InChI is InChI=1S/C18H13F3N2O4.C4H9N/c1-25-17(24)12-7-8-14(22-9-12)26-10-13-15(11-5-3-2-4-6-11)23-27-16(13)18(19,20)21;5-3-4-1-2-4/h2-9H,10H2,1H3;4H,1-3,5H2. The molecule has 1 saturated carbocycles. The second kappa shape index (κ2) is 10.3. The van der Waals surface area contributed by atoms with Crippen molar-refractivity contribution < 1.29 is 32.0 Å². The summed E-state index contributed by atoms with van der Waals surface area (Å²) in [5.41, 5.74) is 5.68. The van der Waals surface area contributed by atoms with Crippen LogP contribution in [0.1, 0.15) is 34.5 Å². The molecule has 0 spiro atoms. The van der Waals surface area contributed by atoms with Crippen LogP contribution in [0.2, 0.25) is 0 Å². The lowest BCUT2D eigenvalue weighted by molar-refractivity contribution is -0.156. The summed E-state index contributed by atoms with van der Waals surface area (Å²) >= 11 is 0. The molecule has 1 aromatic carbocycles. The molecule has 170 valence electrons. The van der Waals surface area contributed by atoms with Crippen LogP contribution in [0.3, 0.4) is 0 Å². The van der Waals surface area contributed by atoms with Crippen LogP contribution in [-0.2, 0) is 17.5 Å². The van der Waals surface area contributed by atoms with Crippen LogP contribution in [0.25, 0.3) is 11.3 Å². The van der Waals surface area contributed by atoms with E-state index in [1.165, 1.54) is 38.3 Å². The first-order valence-electron chi connectivity index (χ1n) is 9.81. The number of aromatic nitrogens is 2. The minimum atomic E-state index is -4.72. The zero-order valence-electron chi connectivity index (χ0n) is 17.3. The van der Waals surface area contributed by atoms with Gasteiger partial charge in [0.2, 0.25) is 11.6 Å². The molecule has 0 bridgehead atoms. The first-order valence-corrected chi connectivity index (χ1v) is 9.81. The van der Waals surface area contributed by atoms with Gasteiger partial charge in [0.15, 0.2) is 0 Å². The maximum atomic E-state index is 13.2. The van der Waals surface area contributed by atoms with E-state index in [0.717, 1.165) is 12.5 Å². The van der Waals surface area contributed by atoms with Crippen molar-refractivity contribution in [1.29, 1.82) is 0 Å². The molecule has 10 heteroatoms. The quantitative estimate of drug-likeness (QED) is 0.554. The minimum absolute atomic E-state index is 0.0362. The number of hydrogen-bond acceptors (Lipinski definition) is 7. The van der Waals surface area contributed by atoms with E-state index in [-0.39, 0.29) is 22.7 Å². The Labute approximate surface area is 182 Å². The molecule has 4 rings (SSSR count). The van der Waals surface area contributed by atoms with Gasteiger partial charge in [0.1, 0.15) is 12.3 Å². The average Bonchev–Trinajstić information content (AvgIpc) is 3.55. The molecule has 1 aliphatic rings. The van der Waals surface area contributed by atoms with Gasteiger partial charge in [-0.15, -0.1) is 0 Å². The Bertz CT molecular complexity index is 1020. The predicted octanol–water partition coefficient (Wildman–Crippen LogP) is 4.48. The second-order valence-electron chi connectivity index (χ2n) is 7.05. The van der Waals surface area contributed by atoms with E-state index in [2.05, 4.69) is 19.4 Å². The Hall–Kier alpha value is -3.40. The number of benzene rings is 1. The van der Waals surface area contributed by atoms with Gasteiger partial charge in [-0.2, -0.15) is 13.2 Å². The predicted molar refractivity (Wildman–Crippen MR) is 109 cm³/mol. The Morgan fingerprint density at radius 2 is 1.91 bits per heavy atom. The van der Waals surface area contributed by atoms with Gasteiger partial charge in [-0.1, -0.05) is 35.5 Å². The number of nitrogens with zero attached hydrogens (tertiary/aromatic N) is 2. The molecule has 32 heavy (non-hydrogen) atoms. The lowest BCUT2D eigenvalue weighted by atomic mass is 10.1. The number of carbonyl (C=O) groups excluding carboxylic acids is 1. The molecule has 0 aliphatic heterocycles. The molecule has 1 aliphatic carbocycles. The van der Waals surface area contributed by atoms with Gasteiger partial charge >= 0.3 is 12.1 Å². The molecular formula is C22H22F3N3O4. The Morgan fingerprint density at radius 1 is 1.19 bits per heavy atom. The van der Waals surface area contributed by atoms with Crippen LogP contribution in [0.5, 0.6) is 5.88 Å². The van der Waals surface area contributed by atoms with Crippen LogP contribution in [-0.4, -0.2) is 29.8 Å². The molecule has 2 heterocycles. The molecule has 3 aromatic rings. The number of halogens is 3. The maximum absolute atomic E-state index is 13.2. The third-order valence-electron chi connectivity index (χ3n) is 4.64. The normalized spacial score (nSPS) is 13.2. The summed E-state index contributed by atoms with van der Waals surface area (Å²) in [6.07, 6.45) is -0.745. The zero-order valence-corrected chi connectivity index (χ0v) is 17.3. The van der Waals surface area contributed by atoms with Crippen molar-refractivity contribution in [2.24, 2.45) is 11.7 Å². The number of nitrogens with two attached hydrogens (primary N) is 1. The molecule has 0 amide bonds. The first kappa shape index (κ1) is 23.3. The number of methoxy groups -OCH3 is 1. The molecule has 0 saturated heterocycles. The van der Waals surface area contributed by atoms with Gasteiger partial charge in [-0.3, -0.25) is 0 Å². The summed E-state index contributed by atoms with van der Waals surface area (Å²) in [6.45, 7) is 0.452. The van der Waals surface area contributed by atoms with E-state index in [1.54, 1.807) is 30.3 Å². The number of pyridine rings is 1. The Balaban J connectivity index is 0.000000509. The van der Waals surface area contributed by atoms with Crippen LogP contribution < -0.4 is 10.5 Å². The highest BCUT2D eigenvalue weighted by molar-refractivity contribution is 5.88. The van der Waals surface area contributed by atoms with Gasteiger partial charge in [-0.05, 0) is 31.4 Å².